The van der Waals surface area contributed by atoms with Gasteiger partial charge in [0.15, 0.2) is 12.7 Å². The minimum absolute atomic E-state index is 0. The number of hydrogen-bond donors (Lipinski definition) is 1. The lowest BCUT2D eigenvalue weighted by atomic mass is 10.1. The summed E-state index contributed by atoms with van der Waals surface area (Å²) in [5, 5.41) is 2.67. The van der Waals surface area contributed by atoms with Crippen molar-refractivity contribution in [2.75, 3.05) is 0 Å². The molecule has 1 saturated carbocycles. The summed E-state index contributed by atoms with van der Waals surface area (Å²) in [4.78, 5) is 3.56. The molecule has 0 amide bonds. The van der Waals surface area contributed by atoms with Crippen LogP contribution >= 0.6 is 0 Å². The summed E-state index contributed by atoms with van der Waals surface area (Å²) in [6.45, 7) is 3.40. The first kappa shape index (κ1) is 12.7. The lowest BCUT2D eigenvalue weighted by Crippen LogP contribution is -3.00. The number of H-pyrrole nitrogens is 1. The van der Waals surface area contributed by atoms with E-state index >= 15 is 0 Å². The molecule has 0 bridgehead atoms. The van der Waals surface area contributed by atoms with Gasteiger partial charge in [0, 0.05) is 35.2 Å². The molecule has 1 aliphatic carbocycles. The molecule has 3 aromatic rings. The minimum atomic E-state index is 0. The second kappa shape index (κ2) is 4.64. The molecular weight excluding hydrogens is 300 g/mol. The second-order valence-corrected chi connectivity index (χ2v) is 5.46. The maximum absolute atomic E-state index is 3.56. The van der Waals surface area contributed by atoms with Gasteiger partial charge >= 0.3 is 0 Å². The van der Waals surface area contributed by atoms with Gasteiger partial charge in [0.25, 0.3) is 0 Å². The van der Waals surface area contributed by atoms with Crippen molar-refractivity contribution in [1.29, 1.82) is 0 Å². The first-order chi connectivity index (χ1) is 8.83. The van der Waals surface area contributed by atoms with Gasteiger partial charge in [-0.2, -0.15) is 0 Å². The van der Waals surface area contributed by atoms with Crippen LogP contribution in [0.15, 0.2) is 36.5 Å². The first-order valence-corrected chi connectivity index (χ1v) is 6.72. The summed E-state index contributed by atoms with van der Waals surface area (Å²) in [6.07, 6.45) is 5.05. The van der Waals surface area contributed by atoms with Gasteiger partial charge in [-0.15, -0.1) is 0 Å². The number of hydrogen-bond acceptors (Lipinski definition) is 0. The van der Waals surface area contributed by atoms with E-state index in [4.69, 9.17) is 0 Å². The third-order valence-electron chi connectivity index (χ3n) is 4.11. The molecule has 19 heavy (non-hydrogen) atoms. The predicted octanol–water partition coefficient (Wildman–Crippen LogP) is 0.331. The van der Waals surface area contributed by atoms with Crippen LogP contribution in [0.5, 0.6) is 0 Å². The van der Waals surface area contributed by atoms with Gasteiger partial charge in [0.1, 0.15) is 5.52 Å². The van der Waals surface area contributed by atoms with Gasteiger partial charge in [-0.25, -0.2) is 4.57 Å². The van der Waals surface area contributed by atoms with E-state index in [1.54, 1.807) is 0 Å². The Morgan fingerprint density at radius 3 is 2.74 bits per heavy atom. The van der Waals surface area contributed by atoms with E-state index in [1.807, 2.05) is 0 Å². The van der Waals surface area contributed by atoms with E-state index in [-0.39, 0.29) is 17.0 Å². The van der Waals surface area contributed by atoms with Crippen molar-refractivity contribution < 1.29 is 21.5 Å². The molecule has 1 N–H and O–H groups in total. The van der Waals surface area contributed by atoms with E-state index in [0.717, 1.165) is 5.92 Å². The maximum Gasteiger partial charge on any atom is 0.202 e. The standard InChI is InChI=1S/C16H16N2.BrH/c1-11-16-14(8-9-18(11)10-12-6-7-12)13-4-2-3-5-15(13)17-16;/h2-5,8-9,12H,6-7,10H2,1H3;1H. The Hall–Kier alpha value is -1.35. The van der Waals surface area contributed by atoms with Crippen molar-refractivity contribution in [3.05, 3.63) is 42.2 Å². The number of halogens is 1. The Morgan fingerprint density at radius 1 is 1.16 bits per heavy atom. The van der Waals surface area contributed by atoms with Crippen LogP contribution in [0.4, 0.5) is 0 Å². The first-order valence-electron chi connectivity index (χ1n) is 6.72. The van der Waals surface area contributed by atoms with Crippen LogP contribution in [0.25, 0.3) is 21.8 Å². The van der Waals surface area contributed by atoms with Crippen molar-refractivity contribution in [1.82, 2.24) is 4.98 Å². The summed E-state index contributed by atoms with van der Waals surface area (Å²) < 4.78 is 2.40. The number of aryl methyl sites for hydroxylation is 1. The minimum Gasteiger partial charge on any atom is -1.00 e. The smallest absolute Gasteiger partial charge is 0.202 e. The molecule has 3 heteroatoms. The Morgan fingerprint density at radius 2 is 1.95 bits per heavy atom. The van der Waals surface area contributed by atoms with Crippen LogP contribution in [0, 0.1) is 12.8 Å². The van der Waals surface area contributed by atoms with Gasteiger partial charge in [0.2, 0.25) is 5.69 Å². The van der Waals surface area contributed by atoms with Crippen LogP contribution in [0.2, 0.25) is 0 Å². The predicted molar refractivity (Wildman–Crippen MR) is 73.5 cm³/mol. The van der Waals surface area contributed by atoms with Gasteiger partial charge in [-0.1, -0.05) is 18.2 Å². The number of fused-ring (bicyclic) bond motifs is 3. The topological polar surface area (TPSA) is 19.7 Å². The Balaban J connectivity index is 0.00000110. The highest BCUT2D eigenvalue weighted by atomic mass is 79.9. The number of rotatable bonds is 2. The molecule has 1 aromatic carbocycles. The summed E-state index contributed by atoms with van der Waals surface area (Å²) in [6, 6.07) is 10.8. The lowest BCUT2D eigenvalue weighted by molar-refractivity contribution is -0.704. The van der Waals surface area contributed by atoms with Gasteiger partial charge in [-0.3, -0.25) is 0 Å². The molecule has 0 unspecified atom stereocenters. The van der Waals surface area contributed by atoms with E-state index in [0.29, 0.717) is 0 Å². The molecule has 0 atom stereocenters. The quantitative estimate of drug-likeness (QED) is 0.658. The van der Waals surface area contributed by atoms with Crippen molar-refractivity contribution >= 4 is 21.8 Å². The third kappa shape index (κ3) is 2.06. The average Bonchev–Trinajstić information content (AvgIpc) is 3.12. The van der Waals surface area contributed by atoms with Crippen molar-refractivity contribution in [2.45, 2.75) is 26.3 Å². The zero-order valence-electron chi connectivity index (χ0n) is 11.0. The monoisotopic (exact) mass is 316 g/mol. The fourth-order valence-electron chi connectivity index (χ4n) is 2.82. The van der Waals surface area contributed by atoms with E-state index < -0.39 is 0 Å². The zero-order chi connectivity index (χ0) is 12.1. The molecule has 0 spiro atoms. The number of benzene rings is 1. The van der Waals surface area contributed by atoms with Crippen LogP contribution in [-0.2, 0) is 6.54 Å². The molecule has 1 aliphatic rings. The largest absolute Gasteiger partial charge is 1.00 e. The third-order valence-corrected chi connectivity index (χ3v) is 4.11. The van der Waals surface area contributed by atoms with Crippen LogP contribution in [-0.4, -0.2) is 4.98 Å². The highest BCUT2D eigenvalue weighted by Crippen LogP contribution is 2.30. The Labute approximate surface area is 123 Å². The van der Waals surface area contributed by atoms with Crippen LogP contribution in [0.3, 0.4) is 0 Å². The van der Waals surface area contributed by atoms with E-state index in [2.05, 4.69) is 53.0 Å². The number of aromatic amines is 1. The Bertz CT molecular complexity index is 741. The van der Waals surface area contributed by atoms with Crippen molar-refractivity contribution in [2.24, 2.45) is 5.92 Å². The number of para-hydroxylation sites is 1. The fraction of sp³-hybridized carbons (Fsp3) is 0.312. The molecule has 2 heterocycles. The Kier molecular flexibility index (Phi) is 3.09. The molecule has 2 aromatic heterocycles. The fourth-order valence-corrected chi connectivity index (χ4v) is 2.82. The zero-order valence-corrected chi connectivity index (χ0v) is 12.6. The molecule has 0 aliphatic heterocycles. The molecule has 98 valence electrons. The average molecular weight is 317 g/mol. The summed E-state index contributed by atoms with van der Waals surface area (Å²) >= 11 is 0. The number of nitrogens with one attached hydrogen (secondary N) is 1. The van der Waals surface area contributed by atoms with Crippen LogP contribution in [0.1, 0.15) is 18.5 Å². The summed E-state index contributed by atoms with van der Waals surface area (Å²) in [5.74, 6) is 0.913. The summed E-state index contributed by atoms with van der Waals surface area (Å²) in [5.41, 5.74) is 3.88. The summed E-state index contributed by atoms with van der Waals surface area (Å²) in [7, 11) is 0. The van der Waals surface area contributed by atoms with E-state index in [1.165, 1.54) is 46.9 Å². The number of pyridine rings is 1. The molecule has 4 rings (SSSR count). The van der Waals surface area contributed by atoms with Gasteiger partial charge in [0.05, 0.1) is 0 Å². The van der Waals surface area contributed by atoms with Gasteiger partial charge in [-0.05, 0) is 18.9 Å². The highest BCUT2D eigenvalue weighted by molar-refractivity contribution is 6.07. The molecular formula is C16H17BrN2. The normalized spacial score (nSPS) is 14.8. The SMILES string of the molecule is Cc1c2[nH]c3ccccc3c2cc[n+]1CC1CC1.[Br-]. The van der Waals surface area contributed by atoms with Crippen molar-refractivity contribution in [3.8, 4) is 0 Å². The van der Waals surface area contributed by atoms with Gasteiger partial charge < -0.3 is 22.0 Å². The highest BCUT2D eigenvalue weighted by Gasteiger charge is 2.27. The molecule has 1 fully saturated rings. The lowest BCUT2D eigenvalue weighted by Gasteiger charge is -2.00. The molecule has 0 radical (unpaired) electrons. The second-order valence-electron chi connectivity index (χ2n) is 5.46. The number of aromatic nitrogens is 2. The number of nitrogens with zero attached hydrogens (tertiary/aromatic N) is 1. The van der Waals surface area contributed by atoms with Crippen molar-refractivity contribution in [3.63, 3.8) is 0 Å². The molecule has 2 nitrogen and oxygen atoms in total. The maximum atomic E-state index is 3.56. The van der Waals surface area contributed by atoms with Crippen LogP contribution < -0.4 is 21.5 Å². The molecule has 0 saturated heterocycles. The van der Waals surface area contributed by atoms with E-state index in [9.17, 15) is 0 Å².